The number of aromatic nitrogens is 2. The second-order valence-electron chi connectivity index (χ2n) is 4.55. The number of nitrogens with zero attached hydrogens (tertiary/aromatic N) is 4. The fourth-order valence-corrected chi connectivity index (χ4v) is 2.03. The standard InChI is InChI=1S/C15H17N5/c1-11-8-14(17-2)19-15(18-11)10-20(3)13-7-5-4-6-12(13)9-16/h4-8H,10H2,1-3H3,(H,17,18,19). The summed E-state index contributed by atoms with van der Waals surface area (Å²) in [5.74, 6) is 1.53. The Balaban J connectivity index is 2.26. The number of hydrogen-bond acceptors (Lipinski definition) is 5. The molecule has 0 saturated carbocycles. The lowest BCUT2D eigenvalue weighted by Gasteiger charge is -2.20. The Hall–Kier alpha value is -2.61. The molecular formula is C15H17N5. The molecule has 0 atom stereocenters. The van der Waals surface area contributed by atoms with Gasteiger partial charge in [0.2, 0.25) is 0 Å². The van der Waals surface area contributed by atoms with Crippen LogP contribution in [0.2, 0.25) is 0 Å². The summed E-state index contributed by atoms with van der Waals surface area (Å²) in [5.41, 5.74) is 2.45. The average molecular weight is 267 g/mol. The van der Waals surface area contributed by atoms with Gasteiger partial charge in [0.1, 0.15) is 17.7 Å². The molecular weight excluding hydrogens is 250 g/mol. The molecule has 0 aliphatic rings. The van der Waals surface area contributed by atoms with E-state index in [0.717, 1.165) is 23.0 Å². The van der Waals surface area contributed by atoms with Gasteiger partial charge in [-0.25, -0.2) is 9.97 Å². The van der Waals surface area contributed by atoms with Gasteiger partial charge in [0.25, 0.3) is 0 Å². The Bertz CT molecular complexity index is 645. The molecule has 1 N–H and O–H groups in total. The van der Waals surface area contributed by atoms with E-state index in [4.69, 9.17) is 5.26 Å². The van der Waals surface area contributed by atoms with Gasteiger partial charge in [-0.15, -0.1) is 0 Å². The number of benzene rings is 1. The highest BCUT2D eigenvalue weighted by atomic mass is 15.1. The van der Waals surface area contributed by atoms with Gasteiger partial charge in [-0.3, -0.25) is 0 Å². The fourth-order valence-electron chi connectivity index (χ4n) is 2.03. The Labute approximate surface area is 118 Å². The molecule has 0 amide bonds. The minimum atomic E-state index is 0.551. The summed E-state index contributed by atoms with van der Waals surface area (Å²) in [7, 11) is 3.77. The van der Waals surface area contributed by atoms with Crippen molar-refractivity contribution < 1.29 is 0 Å². The van der Waals surface area contributed by atoms with E-state index in [9.17, 15) is 0 Å². The first-order valence-electron chi connectivity index (χ1n) is 6.36. The second-order valence-corrected chi connectivity index (χ2v) is 4.55. The van der Waals surface area contributed by atoms with Gasteiger partial charge in [-0.05, 0) is 19.1 Å². The molecule has 1 aromatic heterocycles. The number of nitriles is 1. The maximum absolute atomic E-state index is 9.14. The van der Waals surface area contributed by atoms with Crippen LogP contribution < -0.4 is 10.2 Å². The van der Waals surface area contributed by atoms with Crippen LogP contribution in [-0.4, -0.2) is 24.1 Å². The van der Waals surface area contributed by atoms with Crippen molar-refractivity contribution in [1.82, 2.24) is 9.97 Å². The van der Waals surface area contributed by atoms with Crippen molar-refractivity contribution in [2.24, 2.45) is 0 Å². The van der Waals surface area contributed by atoms with Crippen LogP contribution in [0.15, 0.2) is 30.3 Å². The third-order valence-corrected chi connectivity index (χ3v) is 2.97. The first kappa shape index (κ1) is 13.8. The summed E-state index contributed by atoms with van der Waals surface area (Å²) in [5, 5.41) is 12.2. The van der Waals surface area contributed by atoms with E-state index in [2.05, 4.69) is 21.4 Å². The molecule has 0 aliphatic carbocycles. The van der Waals surface area contributed by atoms with Crippen molar-refractivity contribution in [3.05, 3.63) is 47.4 Å². The molecule has 2 rings (SSSR count). The largest absolute Gasteiger partial charge is 0.373 e. The average Bonchev–Trinajstić information content (AvgIpc) is 2.46. The Morgan fingerprint density at radius 3 is 2.75 bits per heavy atom. The summed E-state index contributed by atoms with van der Waals surface area (Å²) in [6.45, 7) is 2.49. The van der Waals surface area contributed by atoms with Crippen molar-refractivity contribution in [2.75, 3.05) is 24.3 Å². The van der Waals surface area contributed by atoms with Gasteiger partial charge in [-0.2, -0.15) is 5.26 Å². The summed E-state index contributed by atoms with van der Waals surface area (Å²) >= 11 is 0. The zero-order chi connectivity index (χ0) is 14.5. The highest BCUT2D eigenvalue weighted by molar-refractivity contribution is 5.58. The van der Waals surface area contributed by atoms with E-state index in [-0.39, 0.29) is 0 Å². The minimum absolute atomic E-state index is 0.551. The molecule has 1 heterocycles. The molecule has 0 unspecified atom stereocenters. The second kappa shape index (κ2) is 6.02. The van der Waals surface area contributed by atoms with Crippen LogP contribution in [0.4, 0.5) is 11.5 Å². The van der Waals surface area contributed by atoms with Gasteiger partial charge in [0, 0.05) is 25.9 Å². The van der Waals surface area contributed by atoms with Crippen LogP contribution in [0.25, 0.3) is 0 Å². The molecule has 5 nitrogen and oxygen atoms in total. The quantitative estimate of drug-likeness (QED) is 0.921. The molecule has 102 valence electrons. The lowest BCUT2D eigenvalue weighted by atomic mass is 10.2. The van der Waals surface area contributed by atoms with E-state index >= 15 is 0 Å². The third kappa shape index (κ3) is 3.04. The van der Waals surface area contributed by atoms with Crippen LogP contribution >= 0.6 is 0 Å². The summed E-state index contributed by atoms with van der Waals surface area (Å²) in [4.78, 5) is 10.8. The molecule has 5 heteroatoms. The summed E-state index contributed by atoms with van der Waals surface area (Å²) in [6.07, 6.45) is 0. The van der Waals surface area contributed by atoms with Crippen molar-refractivity contribution in [3.63, 3.8) is 0 Å². The predicted octanol–water partition coefficient (Wildman–Crippen LogP) is 2.33. The number of hydrogen-bond donors (Lipinski definition) is 1. The van der Waals surface area contributed by atoms with Crippen LogP contribution in [0.1, 0.15) is 17.1 Å². The van der Waals surface area contributed by atoms with Gasteiger partial charge < -0.3 is 10.2 Å². The van der Waals surface area contributed by atoms with Crippen LogP contribution in [0.5, 0.6) is 0 Å². The summed E-state index contributed by atoms with van der Waals surface area (Å²) < 4.78 is 0. The van der Waals surface area contributed by atoms with E-state index < -0.39 is 0 Å². The molecule has 20 heavy (non-hydrogen) atoms. The molecule has 0 aliphatic heterocycles. The predicted molar refractivity (Wildman–Crippen MR) is 79.6 cm³/mol. The van der Waals surface area contributed by atoms with E-state index in [1.54, 1.807) is 0 Å². The maximum Gasteiger partial charge on any atom is 0.150 e. The number of rotatable bonds is 4. The number of para-hydroxylation sites is 1. The van der Waals surface area contributed by atoms with Crippen LogP contribution in [-0.2, 0) is 6.54 Å². The number of aryl methyl sites for hydroxylation is 1. The highest BCUT2D eigenvalue weighted by Gasteiger charge is 2.09. The molecule has 1 aromatic carbocycles. The lowest BCUT2D eigenvalue weighted by Crippen LogP contribution is -2.19. The third-order valence-electron chi connectivity index (χ3n) is 2.97. The molecule has 0 radical (unpaired) electrons. The van der Waals surface area contributed by atoms with Gasteiger partial charge in [-0.1, -0.05) is 12.1 Å². The first-order valence-corrected chi connectivity index (χ1v) is 6.36. The van der Waals surface area contributed by atoms with Crippen molar-refractivity contribution >= 4 is 11.5 Å². The zero-order valence-corrected chi connectivity index (χ0v) is 11.9. The zero-order valence-electron chi connectivity index (χ0n) is 11.9. The van der Waals surface area contributed by atoms with E-state index in [1.807, 2.05) is 56.3 Å². The minimum Gasteiger partial charge on any atom is -0.373 e. The SMILES string of the molecule is CNc1cc(C)nc(CN(C)c2ccccc2C#N)n1. The van der Waals surface area contributed by atoms with E-state index in [0.29, 0.717) is 12.1 Å². The van der Waals surface area contributed by atoms with Gasteiger partial charge >= 0.3 is 0 Å². The fraction of sp³-hybridized carbons (Fsp3) is 0.267. The molecule has 0 saturated heterocycles. The van der Waals surface area contributed by atoms with Crippen LogP contribution in [0.3, 0.4) is 0 Å². The normalized spacial score (nSPS) is 9.90. The van der Waals surface area contributed by atoms with Crippen molar-refractivity contribution in [2.45, 2.75) is 13.5 Å². The monoisotopic (exact) mass is 267 g/mol. The lowest BCUT2D eigenvalue weighted by molar-refractivity contribution is 0.829. The highest BCUT2D eigenvalue weighted by Crippen LogP contribution is 2.19. The maximum atomic E-state index is 9.14. The number of nitrogens with one attached hydrogen (secondary N) is 1. The Kier molecular flexibility index (Phi) is 4.16. The topological polar surface area (TPSA) is 64.8 Å². The molecule has 0 bridgehead atoms. The molecule has 0 spiro atoms. The molecule has 0 fully saturated rings. The van der Waals surface area contributed by atoms with Gasteiger partial charge in [0.15, 0.2) is 0 Å². The van der Waals surface area contributed by atoms with Crippen molar-refractivity contribution in [3.8, 4) is 6.07 Å². The van der Waals surface area contributed by atoms with Crippen LogP contribution in [0, 0.1) is 18.3 Å². The molecule has 2 aromatic rings. The van der Waals surface area contributed by atoms with E-state index in [1.165, 1.54) is 0 Å². The Morgan fingerprint density at radius 1 is 1.30 bits per heavy atom. The summed E-state index contributed by atoms with van der Waals surface area (Å²) in [6, 6.07) is 11.6. The Morgan fingerprint density at radius 2 is 2.05 bits per heavy atom. The smallest absolute Gasteiger partial charge is 0.150 e. The number of anilines is 2. The van der Waals surface area contributed by atoms with Gasteiger partial charge in [0.05, 0.1) is 17.8 Å². The first-order chi connectivity index (χ1) is 9.63. The van der Waals surface area contributed by atoms with Crippen molar-refractivity contribution in [1.29, 1.82) is 5.26 Å².